The molecule has 0 aliphatic carbocycles. The molecule has 1 unspecified atom stereocenters. The van der Waals surface area contributed by atoms with E-state index in [1.54, 1.807) is 14.2 Å². The minimum atomic E-state index is -0.274. The lowest BCUT2D eigenvalue weighted by Crippen LogP contribution is -2.14. The van der Waals surface area contributed by atoms with Gasteiger partial charge >= 0.3 is 5.97 Å². The van der Waals surface area contributed by atoms with Gasteiger partial charge in [-0.25, -0.2) is 0 Å². The van der Waals surface area contributed by atoms with Crippen molar-refractivity contribution in [3.8, 4) is 5.75 Å². The summed E-state index contributed by atoms with van der Waals surface area (Å²) >= 11 is 0. The minimum Gasteiger partial charge on any atom is -0.497 e. The van der Waals surface area contributed by atoms with Gasteiger partial charge in [-0.15, -0.1) is 0 Å². The van der Waals surface area contributed by atoms with E-state index in [2.05, 4.69) is 0 Å². The Morgan fingerprint density at radius 2 is 1.70 bits per heavy atom. The Hall–Kier alpha value is -2.07. The third kappa shape index (κ3) is 4.70. The third-order valence-electron chi connectivity index (χ3n) is 3.91. The molecule has 4 heteroatoms. The molecule has 0 N–H and O–H groups in total. The lowest BCUT2D eigenvalue weighted by molar-refractivity contribution is -0.145. The van der Waals surface area contributed by atoms with Crippen molar-refractivity contribution in [2.24, 2.45) is 0 Å². The fourth-order valence-corrected chi connectivity index (χ4v) is 2.42. The standard InChI is InChI=1S/C19H24O4/c1-14(19(20)23-11-5-4-10-21-2)15-6-7-17-13-18(22-3)9-8-16(17)12-15/h6-9,12-14H,4-5,10-11H2,1-3H3. The molecule has 0 spiro atoms. The van der Waals surface area contributed by atoms with Gasteiger partial charge in [0.05, 0.1) is 19.6 Å². The molecular formula is C19H24O4. The number of carbonyl (C=O) groups excluding carboxylic acids is 1. The lowest BCUT2D eigenvalue weighted by Gasteiger charge is -2.13. The van der Waals surface area contributed by atoms with Crippen LogP contribution in [-0.2, 0) is 14.3 Å². The molecule has 0 aliphatic heterocycles. The van der Waals surface area contributed by atoms with Crippen LogP contribution in [0.25, 0.3) is 10.8 Å². The highest BCUT2D eigenvalue weighted by Gasteiger charge is 2.17. The van der Waals surface area contributed by atoms with Gasteiger partial charge in [0.25, 0.3) is 0 Å². The number of benzene rings is 2. The van der Waals surface area contributed by atoms with E-state index >= 15 is 0 Å². The van der Waals surface area contributed by atoms with Crippen LogP contribution in [0.15, 0.2) is 36.4 Å². The third-order valence-corrected chi connectivity index (χ3v) is 3.91. The smallest absolute Gasteiger partial charge is 0.313 e. The van der Waals surface area contributed by atoms with Crippen LogP contribution in [0.5, 0.6) is 5.75 Å². The number of methoxy groups -OCH3 is 2. The first-order valence-corrected chi connectivity index (χ1v) is 7.89. The summed E-state index contributed by atoms with van der Waals surface area (Å²) in [5, 5.41) is 2.18. The molecule has 0 amide bonds. The Balaban J connectivity index is 1.99. The summed E-state index contributed by atoms with van der Waals surface area (Å²) in [4.78, 5) is 12.1. The largest absolute Gasteiger partial charge is 0.497 e. The number of hydrogen-bond acceptors (Lipinski definition) is 4. The number of hydrogen-bond donors (Lipinski definition) is 0. The maximum atomic E-state index is 12.1. The molecule has 0 saturated heterocycles. The monoisotopic (exact) mass is 316 g/mol. The molecule has 0 bridgehead atoms. The Morgan fingerprint density at radius 1 is 1.00 bits per heavy atom. The number of unbranched alkanes of at least 4 members (excludes halogenated alkanes) is 1. The molecule has 23 heavy (non-hydrogen) atoms. The average Bonchev–Trinajstić information content (AvgIpc) is 2.59. The Bertz CT molecular complexity index is 651. The van der Waals surface area contributed by atoms with Crippen molar-refractivity contribution in [1.82, 2.24) is 0 Å². The fourth-order valence-electron chi connectivity index (χ4n) is 2.42. The number of esters is 1. The first-order valence-electron chi connectivity index (χ1n) is 7.89. The van der Waals surface area contributed by atoms with Gasteiger partial charge in [0, 0.05) is 13.7 Å². The van der Waals surface area contributed by atoms with Crippen LogP contribution in [0.1, 0.15) is 31.2 Å². The van der Waals surface area contributed by atoms with Crippen LogP contribution in [0.2, 0.25) is 0 Å². The van der Waals surface area contributed by atoms with E-state index in [0.717, 1.165) is 34.9 Å². The molecule has 0 radical (unpaired) electrons. The molecule has 4 nitrogen and oxygen atoms in total. The van der Waals surface area contributed by atoms with Crippen molar-refractivity contribution in [2.75, 3.05) is 27.4 Å². The van der Waals surface area contributed by atoms with E-state index in [1.807, 2.05) is 43.3 Å². The molecule has 2 aromatic carbocycles. The van der Waals surface area contributed by atoms with Gasteiger partial charge in [-0.05, 0) is 48.2 Å². The van der Waals surface area contributed by atoms with Gasteiger partial charge in [0.1, 0.15) is 5.75 Å². The van der Waals surface area contributed by atoms with Gasteiger partial charge in [-0.2, -0.15) is 0 Å². The van der Waals surface area contributed by atoms with Crippen LogP contribution >= 0.6 is 0 Å². The highest BCUT2D eigenvalue weighted by atomic mass is 16.5. The Kier molecular flexibility index (Phi) is 6.41. The number of rotatable bonds is 8. The van der Waals surface area contributed by atoms with E-state index in [9.17, 15) is 4.79 Å². The quantitative estimate of drug-likeness (QED) is 0.547. The summed E-state index contributed by atoms with van der Waals surface area (Å²) in [6, 6.07) is 11.9. The first kappa shape index (κ1) is 17.3. The summed E-state index contributed by atoms with van der Waals surface area (Å²) in [5.74, 6) is 0.368. The average molecular weight is 316 g/mol. The van der Waals surface area contributed by atoms with E-state index in [4.69, 9.17) is 14.2 Å². The zero-order valence-corrected chi connectivity index (χ0v) is 14.0. The topological polar surface area (TPSA) is 44.8 Å². The second-order valence-corrected chi connectivity index (χ2v) is 5.56. The maximum absolute atomic E-state index is 12.1. The second-order valence-electron chi connectivity index (χ2n) is 5.56. The lowest BCUT2D eigenvalue weighted by atomic mass is 9.98. The van der Waals surface area contributed by atoms with Gasteiger partial charge in [0.2, 0.25) is 0 Å². The molecule has 2 aromatic rings. The van der Waals surface area contributed by atoms with E-state index < -0.39 is 0 Å². The van der Waals surface area contributed by atoms with E-state index in [0.29, 0.717) is 13.2 Å². The van der Waals surface area contributed by atoms with Crippen LogP contribution in [0.4, 0.5) is 0 Å². The summed E-state index contributed by atoms with van der Waals surface area (Å²) in [5.41, 5.74) is 0.963. The summed E-state index contributed by atoms with van der Waals surface area (Å²) in [6.07, 6.45) is 1.72. The Morgan fingerprint density at radius 3 is 2.43 bits per heavy atom. The summed E-state index contributed by atoms with van der Waals surface area (Å²) in [7, 11) is 3.32. The number of ether oxygens (including phenoxy) is 3. The zero-order chi connectivity index (χ0) is 16.7. The zero-order valence-electron chi connectivity index (χ0n) is 14.0. The predicted octanol–water partition coefficient (Wildman–Crippen LogP) is 3.92. The number of carbonyl (C=O) groups is 1. The van der Waals surface area contributed by atoms with E-state index in [1.165, 1.54) is 0 Å². The molecule has 0 aromatic heterocycles. The van der Waals surface area contributed by atoms with Crippen molar-refractivity contribution in [3.63, 3.8) is 0 Å². The molecule has 124 valence electrons. The fraction of sp³-hybridized carbons (Fsp3) is 0.421. The van der Waals surface area contributed by atoms with Crippen molar-refractivity contribution >= 4 is 16.7 Å². The van der Waals surface area contributed by atoms with Crippen molar-refractivity contribution in [1.29, 1.82) is 0 Å². The highest BCUT2D eigenvalue weighted by molar-refractivity contribution is 5.86. The second kappa shape index (κ2) is 8.53. The van der Waals surface area contributed by atoms with Crippen molar-refractivity contribution < 1.29 is 19.0 Å². The van der Waals surface area contributed by atoms with Crippen LogP contribution in [0.3, 0.4) is 0 Å². The van der Waals surface area contributed by atoms with E-state index in [-0.39, 0.29) is 11.9 Å². The SMILES string of the molecule is COCCCCOC(=O)C(C)c1ccc2cc(OC)ccc2c1. The molecule has 2 rings (SSSR count). The van der Waals surface area contributed by atoms with Crippen LogP contribution in [-0.4, -0.2) is 33.4 Å². The molecule has 0 heterocycles. The van der Waals surface area contributed by atoms with Crippen LogP contribution < -0.4 is 4.74 Å². The van der Waals surface area contributed by atoms with Crippen LogP contribution in [0, 0.1) is 0 Å². The molecular weight excluding hydrogens is 292 g/mol. The first-order chi connectivity index (χ1) is 11.2. The highest BCUT2D eigenvalue weighted by Crippen LogP contribution is 2.25. The van der Waals surface area contributed by atoms with Gasteiger partial charge in [-0.3, -0.25) is 4.79 Å². The molecule has 0 aliphatic rings. The summed E-state index contributed by atoms with van der Waals surface area (Å²) in [6.45, 7) is 3.01. The molecule has 0 saturated carbocycles. The summed E-state index contributed by atoms with van der Waals surface area (Å²) < 4.78 is 15.5. The predicted molar refractivity (Wildman–Crippen MR) is 91.0 cm³/mol. The maximum Gasteiger partial charge on any atom is 0.313 e. The number of fused-ring (bicyclic) bond motifs is 1. The van der Waals surface area contributed by atoms with Crippen molar-refractivity contribution in [2.45, 2.75) is 25.7 Å². The van der Waals surface area contributed by atoms with Gasteiger partial charge in [-0.1, -0.05) is 24.3 Å². The normalized spacial score (nSPS) is 12.1. The Labute approximate surface area is 137 Å². The van der Waals surface area contributed by atoms with Crippen molar-refractivity contribution in [3.05, 3.63) is 42.0 Å². The molecule has 1 atom stereocenters. The van der Waals surface area contributed by atoms with Gasteiger partial charge in [0.15, 0.2) is 0 Å². The molecule has 0 fully saturated rings. The minimum absolute atomic E-state index is 0.185. The van der Waals surface area contributed by atoms with Gasteiger partial charge < -0.3 is 14.2 Å².